The van der Waals surface area contributed by atoms with E-state index in [2.05, 4.69) is 24.5 Å². The number of carbonyl (C=O) groups excluding carboxylic acids is 2. The van der Waals surface area contributed by atoms with Gasteiger partial charge in [-0.3, -0.25) is 9.59 Å². The molecule has 0 aromatic heterocycles. The fraction of sp³-hybridized carbons (Fsp3) is 0.214. The molecule has 1 heterocycles. The summed E-state index contributed by atoms with van der Waals surface area (Å²) in [6, 6.07) is 21.9. The molecule has 0 radical (unpaired) electrons. The molecule has 6 nitrogen and oxygen atoms in total. The lowest BCUT2D eigenvalue weighted by molar-refractivity contribution is -0.118. The number of anilines is 1. The number of benzene rings is 3. The molecule has 0 aliphatic carbocycles. The van der Waals surface area contributed by atoms with Crippen LogP contribution in [-0.4, -0.2) is 30.9 Å². The molecule has 0 atom stereocenters. The second kappa shape index (κ2) is 9.83. The van der Waals surface area contributed by atoms with Gasteiger partial charge in [0.05, 0.1) is 7.11 Å². The Balaban J connectivity index is 1.45. The number of ether oxygens (including phenoxy) is 2. The zero-order valence-electron chi connectivity index (χ0n) is 19.6. The van der Waals surface area contributed by atoms with Crippen molar-refractivity contribution in [3.8, 4) is 11.5 Å². The standard InChI is InChI=1S/C28H28N2O4/c1-28(2)17-20-11-14-23(33-3)15-24(20)25(30-28)16-26(31)19-9-12-21(13-10-19)29-27(32)18-34-22-7-5-4-6-8-22/h4-16,30H,17-18H2,1-3H3,(H,29,32)/b25-16-. The monoisotopic (exact) mass is 456 g/mol. The van der Waals surface area contributed by atoms with E-state index >= 15 is 0 Å². The zero-order valence-corrected chi connectivity index (χ0v) is 19.6. The number of nitrogens with one attached hydrogen (secondary N) is 2. The van der Waals surface area contributed by atoms with Crippen LogP contribution in [0.2, 0.25) is 0 Å². The van der Waals surface area contributed by atoms with E-state index in [-0.39, 0.29) is 23.8 Å². The van der Waals surface area contributed by atoms with Crippen molar-refractivity contribution >= 4 is 23.1 Å². The number of ketones is 1. The van der Waals surface area contributed by atoms with Gasteiger partial charge >= 0.3 is 0 Å². The average molecular weight is 457 g/mol. The fourth-order valence-electron chi connectivity index (χ4n) is 3.95. The number of hydrogen-bond donors (Lipinski definition) is 2. The van der Waals surface area contributed by atoms with Gasteiger partial charge in [-0.1, -0.05) is 24.3 Å². The third-order valence-electron chi connectivity index (χ3n) is 5.55. The average Bonchev–Trinajstić information content (AvgIpc) is 2.83. The van der Waals surface area contributed by atoms with Crippen LogP contribution < -0.4 is 20.1 Å². The Morgan fingerprint density at radius 3 is 2.44 bits per heavy atom. The van der Waals surface area contributed by atoms with Crippen molar-refractivity contribution in [1.29, 1.82) is 0 Å². The first-order valence-electron chi connectivity index (χ1n) is 11.1. The van der Waals surface area contributed by atoms with Crippen LogP contribution in [-0.2, 0) is 11.2 Å². The molecular formula is C28H28N2O4. The van der Waals surface area contributed by atoms with Crippen molar-refractivity contribution in [2.45, 2.75) is 25.8 Å². The number of carbonyl (C=O) groups is 2. The van der Waals surface area contributed by atoms with E-state index in [0.717, 1.165) is 23.4 Å². The van der Waals surface area contributed by atoms with Crippen LogP contribution in [0.1, 0.15) is 35.3 Å². The Kier molecular flexibility index (Phi) is 6.68. The maximum absolute atomic E-state index is 13.0. The van der Waals surface area contributed by atoms with Crippen molar-refractivity contribution < 1.29 is 19.1 Å². The SMILES string of the molecule is COc1ccc2c(c1)/C(=C/C(=O)c1ccc(NC(=O)COc3ccccc3)cc1)NC(C)(C)C2. The first kappa shape index (κ1) is 23.1. The lowest BCUT2D eigenvalue weighted by atomic mass is 9.85. The van der Waals surface area contributed by atoms with Crippen molar-refractivity contribution in [2.24, 2.45) is 0 Å². The van der Waals surface area contributed by atoms with Crippen molar-refractivity contribution in [2.75, 3.05) is 19.0 Å². The van der Waals surface area contributed by atoms with E-state index < -0.39 is 0 Å². The zero-order chi connectivity index (χ0) is 24.1. The largest absolute Gasteiger partial charge is 0.497 e. The quantitative estimate of drug-likeness (QED) is 0.392. The molecule has 1 aliphatic rings. The molecule has 0 saturated heterocycles. The Hall–Kier alpha value is -4.06. The van der Waals surface area contributed by atoms with Crippen LogP contribution in [0.4, 0.5) is 5.69 Å². The second-order valence-electron chi connectivity index (χ2n) is 8.86. The summed E-state index contributed by atoms with van der Waals surface area (Å²) in [6.07, 6.45) is 2.47. The van der Waals surface area contributed by atoms with Crippen LogP contribution in [0.25, 0.3) is 5.70 Å². The van der Waals surface area contributed by atoms with Crippen molar-refractivity contribution in [3.63, 3.8) is 0 Å². The number of amides is 1. The minimum Gasteiger partial charge on any atom is -0.497 e. The van der Waals surface area contributed by atoms with Gasteiger partial charge in [0.2, 0.25) is 0 Å². The van der Waals surface area contributed by atoms with E-state index in [4.69, 9.17) is 9.47 Å². The summed E-state index contributed by atoms with van der Waals surface area (Å²) in [4.78, 5) is 25.2. The third kappa shape index (κ3) is 5.64. The summed E-state index contributed by atoms with van der Waals surface area (Å²) < 4.78 is 10.8. The van der Waals surface area contributed by atoms with Gasteiger partial charge in [-0.25, -0.2) is 0 Å². The smallest absolute Gasteiger partial charge is 0.262 e. The summed E-state index contributed by atoms with van der Waals surface area (Å²) >= 11 is 0. The summed E-state index contributed by atoms with van der Waals surface area (Å²) in [5, 5.41) is 6.26. The normalized spacial score (nSPS) is 15.1. The predicted molar refractivity (Wildman–Crippen MR) is 133 cm³/mol. The molecule has 2 N–H and O–H groups in total. The van der Waals surface area contributed by atoms with E-state index in [1.54, 1.807) is 49.6 Å². The highest BCUT2D eigenvalue weighted by Crippen LogP contribution is 2.32. The van der Waals surface area contributed by atoms with Gasteiger partial charge in [0, 0.05) is 34.1 Å². The molecular weight excluding hydrogens is 428 g/mol. The molecule has 174 valence electrons. The summed E-state index contributed by atoms with van der Waals surface area (Å²) in [5.74, 6) is 0.976. The first-order chi connectivity index (χ1) is 16.3. The Morgan fingerprint density at radius 1 is 1.00 bits per heavy atom. The van der Waals surface area contributed by atoms with Crippen LogP contribution in [0, 0.1) is 0 Å². The van der Waals surface area contributed by atoms with Crippen LogP contribution in [0.5, 0.6) is 11.5 Å². The van der Waals surface area contributed by atoms with Crippen LogP contribution in [0.15, 0.2) is 78.9 Å². The number of rotatable bonds is 7. The van der Waals surface area contributed by atoms with Crippen molar-refractivity contribution in [1.82, 2.24) is 5.32 Å². The van der Waals surface area contributed by atoms with Gasteiger partial charge in [0.25, 0.3) is 5.91 Å². The van der Waals surface area contributed by atoms with E-state index in [0.29, 0.717) is 17.0 Å². The lowest BCUT2D eigenvalue weighted by Crippen LogP contribution is -2.43. The summed E-state index contributed by atoms with van der Waals surface area (Å²) in [6.45, 7) is 4.12. The minimum atomic E-state index is -0.274. The number of hydrogen-bond acceptors (Lipinski definition) is 5. The summed E-state index contributed by atoms with van der Waals surface area (Å²) in [5.41, 5.74) is 3.85. The van der Waals surface area contributed by atoms with Crippen LogP contribution in [0.3, 0.4) is 0 Å². The van der Waals surface area contributed by atoms with E-state index in [9.17, 15) is 9.59 Å². The highest BCUT2D eigenvalue weighted by Gasteiger charge is 2.28. The number of para-hydroxylation sites is 1. The lowest BCUT2D eigenvalue weighted by Gasteiger charge is -2.35. The maximum atomic E-state index is 13.0. The van der Waals surface area contributed by atoms with E-state index in [1.807, 2.05) is 36.4 Å². The molecule has 1 aliphatic heterocycles. The highest BCUT2D eigenvalue weighted by atomic mass is 16.5. The second-order valence-corrected chi connectivity index (χ2v) is 8.86. The molecule has 4 rings (SSSR count). The van der Waals surface area contributed by atoms with Gasteiger partial charge in [-0.05, 0) is 74.4 Å². The molecule has 3 aromatic rings. The topological polar surface area (TPSA) is 76.7 Å². The Morgan fingerprint density at radius 2 is 1.74 bits per heavy atom. The molecule has 3 aromatic carbocycles. The van der Waals surface area contributed by atoms with E-state index in [1.165, 1.54) is 5.56 Å². The first-order valence-corrected chi connectivity index (χ1v) is 11.1. The van der Waals surface area contributed by atoms with Gasteiger partial charge in [-0.15, -0.1) is 0 Å². The highest BCUT2D eigenvalue weighted by molar-refractivity contribution is 6.09. The number of allylic oxidation sites excluding steroid dienone is 1. The van der Waals surface area contributed by atoms with Gasteiger partial charge in [0.1, 0.15) is 11.5 Å². The fourth-order valence-corrected chi connectivity index (χ4v) is 3.95. The van der Waals surface area contributed by atoms with Crippen LogP contribution >= 0.6 is 0 Å². The Labute approximate surface area is 199 Å². The molecule has 0 unspecified atom stereocenters. The third-order valence-corrected chi connectivity index (χ3v) is 5.55. The van der Waals surface area contributed by atoms with Gasteiger partial charge in [-0.2, -0.15) is 0 Å². The molecule has 1 amide bonds. The number of fused-ring (bicyclic) bond motifs is 1. The maximum Gasteiger partial charge on any atom is 0.262 e. The van der Waals surface area contributed by atoms with Crippen molar-refractivity contribution in [3.05, 3.63) is 95.6 Å². The predicted octanol–water partition coefficient (Wildman–Crippen LogP) is 4.86. The molecule has 0 fully saturated rings. The summed E-state index contributed by atoms with van der Waals surface area (Å²) in [7, 11) is 1.63. The molecule has 6 heteroatoms. The Bertz CT molecular complexity index is 1210. The minimum absolute atomic E-state index is 0.0961. The van der Waals surface area contributed by atoms with Gasteiger partial charge < -0.3 is 20.1 Å². The molecule has 0 spiro atoms. The molecule has 34 heavy (non-hydrogen) atoms. The molecule has 0 saturated carbocycles. The van der Waals surface area contributed by atoms with Gasteiger partial charge in [0.15, 0.2) is 12.4 Å². The molecule has 0 bridgehead atoms. The number of methoxy groups -OCH3 is 1.